The number of nitrogens with zero attached hydrogens (tertiary/aromatic N) is 2. The summed E-state index contributed by atoms with van der Waals surface area (Å²) in [5.41, 5.74) is -0.113. The summed E-state index contributed by atoms with van der Waals surface area (Å²) < 4.78 is 38.4. The van der Waals surface area contributed by atoms with Gasteiger partial charge in [-0.25, -0.2) is 0 Å². The number of benzene rings is 1. The summed E-state index contributed by atoms with van der Waals surface area (Å²) in [6, 6.07) is 10.6. The molecular weight excluding hydrogens is 279 g/mol. The molecule has 108 valence electrons. The van der Waals surface area contributed by atoms with E-state index in [1.165, 1.54) is 12.1 Å². The lowest BCUT2D eigenvalue weighted by Crippen LogP contribution is -2.10. The van der Waals surface area contributed by atoms with Crippen molar-refractivity contribution in [3.63, 3.8) is 0 Å². The van der Waals surface area contributed by atoms with Crippen LogP contribution in [0.2, 0.25) is 0 Å². The van der Waals surface area contributed by atoms with Crippen LogP contribution in [-0.2, 0) is 12.6 Å². The second-order valence-electron chi connectivity index (χ2n) is 4.37. The molecule has 6 heteroatoms. The van der Waals surface area contributed by atoms with Crippen LogP contribution in [0.1, 0.15) is 16.8 Å². The van der Waals surface area contributed by atoms with Crippen molar-refractivity contribution in [2.75, 3.05) is 11.9 Å². The molecule has 3 nitrogen and oxygen atoms in total. The van der Waals surface area contributed by atoms with E-state index >= 15 is 0 Å². The Morgan fingerprint density at radius 3 is 2.62 bits per heavy atom. The van der Waals surface area contributed by atoms with Crippen LogP contribution in [0.3, 0.4) is 0 Å². The lowest BCUT2D eigenvalue weighted by molar-refractivity contribution is -0.137. The van der Waals surface area contributed by atoms with E-state index in [9.17, 15) is 13.2 Å². The summed E-state index contributed by atoms with van der Waals surface area (Å²) in [5, 5.41) is 11.6. The lowest BCUT2D eigenvalue weighted by atomic mass is 10.1. The van der Waals surface area contributed by atoms with Gasteiger partial charge in [-0.2, -0.15) is 18.4 Å². The minimum atomic E-state index is -4.54. The van der Waals surface area contributed by atoms with Crippen LogP contribution in [-0.4, -0.2) is 11.5 Å². The van der Waals surface area contributed by atoms with Crippen LogP contribution < -0.4 is 5.32 Å². The monoisotopic (exact) mass is 291 g/mol. The molecule has 1 aromatic heterocycles. The zero-order valence-electron chi connectivity index (χ0n) is 11.0. The Morgan fingerprint density at radius 1 is 1.19 bits per heavy atom. The van der Waals surface area contributed by atoms with E-state index < -0.39 is 11.7 Å². The van der Waals surface area contributed by atoms with Gasteiger partial charge in [0.15, 0.2) is 0 Å². The molecule has 0 aliphatic rings. The molecule has 2 aromatic rings. The molecule has 0 bridgehead atoms. The highest BCUT2D eigenvalue weighted by Crippen LogP contribution is 2.33. The topological polar surface area (TPSA) is 48.7 Å². The van der Waals surface area contributed by atoms with Crippen LogP contribution in [0, 0.1) is 11.3 Å². The maximum atomic E-state index is 12.8. The average Bonchev–Trinajstić information content (AvgIpc) is 2.47. The molecule has 2 rings (SSSR count). The number of hydrogen-bond donors (Lipinski definition) is 1. The fourth-order valence-corrected chi connectivity index (χ4v) is 1.87. The number of halogens is 3. The molecule has 0 fully saturated rings. The van der Waals surface area contributed by atoms with E-state index in [1.54, 1.807) is 18.3 Å². The largest absolute Gasteiger partial charge is 0.417 e. The number of hydrogen-bond acceptors (Lipinski definition) is 3. The average molecular weight is 291 g/mol. The molecule has 0 saturated carbocycles. The van der Waals surface area contributed by atoms with Gasteiger partial charge in [0, 0.05) is 30.5 Å². The van der Waals surface area contributed by atoms with E-state index in [0.717, 1.165) is 11.8 Å². The predicted molar refractivity (Wildman–Crippen MR) is 72.6 cm³/mol. The number of anilines is 1. The summed E-state index contributed by atoms with van der Waals surface area (Å²) in [6.45, 7) is 0.459. The first-order valence-electron chi connectivity index (χ1n) is 6.26. The van der Waals surface area contributed by atoms with Crippen LogP contribution in [0.5, 0.6) is 0 Å². The Kier molecular flexibility index (Phi) is 4.43. The van der Waals surface area contributed by atoms with E-state index in [2.05, 4.69) is 10.3 Å². The molecule has 0 amide bonds. The molecule has 0 saturated heterocycles. The third-order valence-electron chi connectivity index (χ3n) is 2.88. The van der Waals surface area contributed by atoms with E-state index in [-0.39, 0.29) is 5.56 Å². The molecule has 21 heavy (non-hydrogen) atoms. The quantitative estimate of drug-likeness (QED) is 0.935. The highest BCUT2D eigenvalue weighted by molar-refractivity contribution is 5.53. The van der Waals surface area contributed by atoms with E-state index in [1.807, 2.05) is 12.1 Å². The van der Waals surface area contributed by atoms with Crippen LogP contribution in [0.15, 0.2) is 42.6 Å². The summed E-state index contributed by atoms with van der Waals surface area (Å²) >= 11 is 0. The van der Waals surface area contributed by atoms with Crippen molar-refractivity contribution in [1.29, 1.82) is 5.26 Å². The molecule has 0 unspecified atom stereocenters. The number of nitriles is 1. The molecule has 1 N–H and O–H groups in total. The van der Waals surface area contributed by atoms with Gasteiger partial charge in [0.2, 0.25) is 0 Å². The summed E-state index contributed by atoms with van der Waals surface area (Å²) in [7, 11) is 0. The lowest BCUT2D eigenvalue weighted by Gasteiger charge is -2.12. The Hall–Kier alpha value is -2.55. The van der Waals surface area contributed by atoms with E-state index in [0.29, 0.717) is 18.7 Å². The second-order valence-corrected chi connectivity index (χ2v) is 4.37. The maximum Gasteiger partial charge on any atom is 0.417 e. The van der Waals surface area contributed by atoms with Crippen LogP contribution in [0.25, 0.3) is 0 Å². The standard InChI is InChI=1S/C15H12F3N3/c16-15(17,18)14-9-13(5-4-11(14)10-19)21-8-6-12-3-1-2-7-20-12/h1-5,7,9,21H,6,8H2. The van der Waals surface area contributed by atoms with Gasteiger partial charge in [-0.15, -0.1) is 0 Å². The molecule has 0 aliphatic carbocycles. The van der Waals surface area contributed by atoms with Crippen molar-refractivity contribution in [2.45, 2.75) is 12.6 Å². The van der Waals surface area contributed by atoms with Gasteiger partial charge in [-0.1, -0.05) is 6.07 Å². The van der Waals surface area contributed by atoms with Crippen molar-refractivity contribution >= 4 is 5.69 Å². The summed E-state index contributed by atoms with van der Waals surface area (Å²) in [6.07, 6.45) is -2.27. The third-order valence-corrected chi connectivity index (χ3v) is 2.88. The minimum absolute atomic E-state index is 0.331. The normalized spacial score (nSPS) is 11.0. The van der Waals surface area contributed by atoms with Crippen molar-refractivity contribution < 1.29 is 13.2 Å². The number of pyridine rings is 1. The third kappa shape index (κ3) is 3.96. The first kappa shape index (κ1) is 14.9. The van der Waals surface area contributed by atoms with Gasteiger partial charge in [0.25, 0.3) is 0 Å². The van der Waals surface area contributed by atoms with Crippen molar-refractivity contribution in [3.8, 4) is 6.07 Å². The van der Waals surface area contributed by atoms with Gasteiger partial charge in [-0.05, 0) is 30.3 Å². The van der Waals surface area contributed by atoms with Crippen LogP contribution >= 0.6 is 0 Å². The molecule has 0 spiro atoms. The Balaban J connectivity index is 2.06. The van der Waals surface area contributed by atoms with Gasteiger partial charge < -0.3 is 5.32 Å². The van der Waals surface area contributed by atoms with Gasteiger partial charge >= 0.3 is 6.18 Å². The zero-order chi connectivity index (χ0) is 15.3. The number of nitrogens with one attached hydrogen (secondary N) is 1. The molecule has 1 heterocycles. The predicted octanol–water partition coefficient (Wildman–Crippen LogP) is 3.63. The van der Waals surface area contributed by atoms with Crippen molar-refractivity contribution in [3.05, 3.63) is 59.4 Å². The van der Waals surface area contributed by atoms with Gasteiger partial charge in [0.1, 0.15) is 0 Å². The maximum absolute atomic E-state index is 12.8. The second kappa shape index (κ2) is 6.27. The Labute approximate surface area is 120 Å². The molecule has 0 aliphatic heterocycles. The van der Waals surface area contributed by atoms with Crippen molar-refractivity contribution in [2.24, 2.45) is 0 Å². The highest BCUT2D eigenvalue weighted by Gasteiger charge is 2.33. The smallest absolute Gasteiger partial charge is 0.385 e. The van der Waals surface area contributed by atoms with E-state index in [4.69, 9.17) is 5.26 Å². The molecule has 0 atom stereocenters. The first-order chi connectivity index (χ1) is 10.0. The molecule has 0 radical (unpaired) electrons. The Morgan fingerprint density at radius 2 is 2.00 bits per heavy atom. The number of rotatable bonds is 4. The summed E-state index contributed by atoms with van der Waals surface area (Å²) in [4.78, 5) is 4.13. The van der Waals surface area contributed by atoms with Crippen molar-refractivity contribution in [1.82, 2.24) is 4.98 Å². The first-order valence-corrected chi connectivity index (χ1v) is 6.26. The molecular formula is C15H12F3N3. The molecule has 1 aromatic carbocycles. The van der Waals surface area contributed by atoms with Crippen LogP contribution in [0.4, 0.5) is 18.9 Å². The highest BCUT2D eigenvalue weighted by atomic mass is 19.4. The Bertz CT molecular complexity index is 645. The summed E-state index contributed by atoms with van der Waals surface area (Å²) in [5.74, 6) is 0. The fourth-order valence-electron chi connectivity index (χ4n) is 1.87. The number of alkyl halides is 3. The number of aromatic nitrogens is 1. The minimum Gasteiger partial charge on any atom is -0.385 e. The fraction of sp³-hybridized carbons (Fsp3) is 0.200. The zero-order valence-corrected chi connectivity index (χ0v) is 11.0. The van der Waals surface area contributed by atoms with Gasteiger partial charge in [-0.3, -0.25) is 4.98 Å². The van der Waals surface area contributed by atoms with Gasteiger partial charge in [0.05, 0.1) is 17.2 Å². The SMILES string of the molecule is N#Cc1ccc(NCCc2ccccn2)cc1C(F)(F)F.